The zero-order valence-electron chi connectivity index (χ0n) is 10.1. The molecule has 0 aromatic carbocycles. The van der Waals surface area contributed by atoms with E-state index in [1.54, 1.807) is 0 Å². The van der Waals surface area contributed by atoms with Crippen molar-refractivity contribution in [3.63, 3.8) is 0 Å². The molecule has 0 bridgehead atoms. The van der Waals surface area contributed by atoms with Gasteiger partial charge in [-0.05, 0) is 12.8 Å². The van der Waals surface area contributed by atoms with Crippen molar-refractivity contribution in [2.75, 3.05) is 32.8 Å². The quantitative estimate of drug-likeness (QED) is 0.749. The first kappa shape index (κ1) is 13.7. The molecular formula is C10H18N2O5S. The molecule has 18 heavy (non-hydrogen) atoms. The lowest BCUT2D eigenvalue weighted by Crippen LogP contribution is -2.50. The monoisotopic (exact) mass is 278 g/mol. The zero-order valence-corrected chi connectivity index (χ0v) is 10.9. The molecule has 0 aliphatic carbocycles. The molecule has 2 saturated heterocycles. The Morgan fingerprint density at radius 1 is 1.28 bits per heavy atom. The van der Waals surface area contributed by atoms with Crippen molar-refractivity contribution >= 4 is 16.2 Å². The Balaban J connectivity index is 2.10. The lowest BCUT2D eigenvalue weighted by Gasteiger charge is -2.32. The van der Waals surface area contributed by atoms with Crippen LogP contribution in [0.15, 0.2) is 0 Å². The van der Waals surface area contributed by atoms with E-state index in [1.807, 2.05) is 0 Å². The number of carboxylic acids is 1. The van der Waals surface area contributed by atoms with Gasteiger partial charge in [0.05, 0.1) is 19.6 Å². The maximum Gasteiger partial charge on any atom is 0.304 e. The van der Waals surface area contributed by atoms with Gasteiger partial charge in [-0.25, -0.2) is 0 Å². The third-order valence-electron chi connectivity index (χ3n) is 3.33. The van der Waals surface area contributed by atoms with Crippen LogP contribution < -0.4 is 0 Å². The van der Waals surface area contributed by atoms with Crippen LogP contribution >= 0.6 is 0 Å². The molecule has 7 nitrogen and oxygen atoms in total. The number of rotatable bonds is 4. The SMILES string of the molecule is O=C(O)CC1CCCN1S(=O)(=O)N1CCOCC1. The fraction of sp³-hybridized carbons (Fsp3) is 0.900. The highest BCUT2D eigenvalue weighted by Crippen LogP contribution is 2.25. The predicted octanol–water partition coefficient (Wildman–Crippen LogP) is -0.497. The molecule has 1 N–H and O–H groups in total. The second kappa shape index (κ2) is 5.52. The maximum absolute atomic E-state index is 12.4. The molecule has 2 rings (SSSR count). The third-order valence-corrected chi connectivity index (χ3v) is 5.42. The molecule has 2 heterocycles. The fourth-order valence-electron chi connectivity index (χ4n) is 2.44. The molecule has 2 aliphatic heterocycles. The summed E-state index contributed by atoms with van der Waals surface area (Å²) in [5, 5.41) is 8.81. The predicted molar refractivity (Wildman–Crippen MR) is 63.3 cm³/mol. The van der Waals surface area contributed by atoms with Gasteiger partial charge < -0.3 is 9.84 Å². The molecule has 104 valence electrons. The summed E-state index contributed by atoms with van der Waals surface area (Å²) in [4.78, 5) is 10.7. The minimum Gasteiger partial charge on any atom is -0.481 e. The maximum atomic E-state index is 12.4. The van der Waals surface area contributed by atoms with Crippen molar-refractivity contribution in [2.45, 2.75) is 25.3 Å². The third kappa shape index (κ3) is 2.82. The first-order valence-corrected chi connectivity index (χ1v) is 7.48. The van der Waals surface area contributed by atoms with E-state index in [2.05, 4.69) is 0 Å². The van der Waals surface area contributed by atoms with Gasteiger partial charge in [0, 0.05) is 25.7 Å². The van der Waals surface area contributed by atoms with Crippen LogP contribution in [-0.4, -0.2) is 67.0 Å². The van der Waals surface area contributed by atoms with Gasteiger partial charge >= 0.3 is 5.97 Å². The van der Waals surface area contributed by atoms with Crippen LogP contribution in [0.3, 0.4) is 0 Å². The number of ether oxygens (including phenoxy) is 1. The number of aliphatic carboxylic acids is 1. The molecule has 8 heteroatoms. The van der Waals surface area contributed by atoms with Gasteiger partial charge in [-0.1, -0.05) is 0 Å². The minimum absolute atomic E-state index is 0.121. The van der Waals surface area contributed by atoms with Gasteiger partial charge in [0.25, 0.3) is 10.2 Å². The van der Waals surface area contributed by atoms with E-state index < -0.39 is 22.2 Å². The number of hydrogen-bond donors (Lipinski definition) is 1. The molecule has 0 aromatic heterocycles. The molecule has 0 aromatic rings. The summed E-state index contributed by atoms with van der Waals surface area (Å²) in [5.41, 5.74) is 0. The lowest BCUT2D eigenvalue weighted by atomic mass is 10.2. The second-order valence-electron chi connectivity index (χ2n) is 4.52. The Morgan fingerprint density at radius 3 is 2.56 bits per heavy atom. The van der Waals surface area contributed by atoms with Crippen LogP contribution in [0.2, 0.25) is 0 Å². The number of hydrogen-bond acceptors (Lipinski definition) is 4. The molecule has 2 aliphatic rings. The van der Waals surface area contributed by atoms with Crippen LogP contribution in [0.1, 0.15) is 19.3 Å². The van der Waals surface area contributed by atoms with E-state index in [1.165, 1.54) is 8.61 Å². The summed E-state index contributed by atoms with van der Waals surface area (Å²) < 4.78 is 32.6. The van der Waals surface area contributed by atoms with Crippen LogP contribution in [0, 0.1) is 0 Å². The van der Waals surface area contributed by atoms with Crippen molar-refractivity contribution in [2.24, 2.45) is 0 Å². The van der Waals surface area contributed by atoms with Crippen LogP contribution in [-0.2, 0) is 19.7 Å². The highest BCUT2D eigenvalue weighted by atomic mass is 32.2. The van der Waals surface area contributed by atoms with Gasteiger partial charge in [-0.15, -0.1) is 0 Å². The Morgan fingerprint density at radius 2 is 1.94 bits per heavy atom. The number of carbonyl (C=O) groups is 1. The van der Waals surface area contributed by atoms with Gasteiger partial charge in [0.2, 0.25) is 0 Å². The molecular weight excluding hydrogens is 260 g/mol. The highest BCUT2D eigenvalue weighted by molar-refractivity contribution is 7.86. The molecule has 0 radical (unpaired) electrons. The van der Waals surface area contributed by atoms with Crippen molar-refractivity contribution in [3.05, 3.63) is 0 Å². The first-order valence-electron chi connectivity index (χ1n) is 6.08. The molecule has 0 saturated carbocycles. The molecule has 1 atom stereocenters. The number of carboxylic acid groups (broad SMARTS) is 1. The Hall–Kier alpha value is -0.700. The summed E-state index contributed by atoms with van der Waals surface area (Å²) in [7, 11) is -3.53. The normalized spacial score (nSPS) is 27.4. The van der Waals surface area contributed by atoms with Crippen molar-refractivity contribution in [1.82, 2.24) is 8.61 Å². The van der Waals surface area contributed by atoms with Crippen molar-refractivity contribution < 1.29 is 23.1 Å². The largest absolute Gasteiger partial charge is 0.481 e. The van der Waals surface area contributed by atoms with Crippen molar-refractivity contribution in [3.8, 4) is 0 Å². The van der Waals surface area contributed by atoms with Gasteiger partial charge in [-0.3, -0.25) is 4.79 Å². The van der Waals surface area contributed by atoms with E-state index in [-0.39, 0.29) is 6.42 Å². The van der Waals surface area contributed by atoms with Crippen LogP contribution in [0.5, 0.6) is 0 Å². The lowest BCUT2D eigenvalue weighted by molar-refractivity contribution is -0.137. The fourth-order valence-corrected chi connectivity index (χ4v) is 4.27. The zero-order chi connectivity index (χ0) is 13.2. The molecule has 0 amide bonds. The van der Waals surface area contributed by atoms with Crippen LogP contribution in [0.4, 0.5) is 0 Å². The average molecular weight is 278 g/mol. The summed E-state index contributed by atoms with van der Waals surface area (Å²) in [6.45, 7) is 1.90. The summed E-state index contributed by atoms with van der Waals surface area (Å²) in [5.74, 6) is -0.955. The number of nitrogens with zero attached hydrogens (tertiary/aromatic N) is 2. The Labute approximate surface area is 106 Å². The number of morpholine rings is 1. The summed E-state index contributed by atoms with van der Waals surface area (Å²) in [6.07, 6.45) is 1.22. The summed E-state index contributed by atoms with van der Waals surface area (Å²) in [6, 6.07) is -0.407. The van der Waals surface area contributed by atoms with Crippen LogP contribution in [0.25, 0.3) is 0 Å². The van der Waals surface area contributed by atoms with Gasteiger partial charge in [0.1, 0.15) is 0 Å². The summed E-state index contributed by atoms with van der Waals surface area (Å²) >= 11 is 0. The van der Waals surface area contributed by atoms with Gasteiger partial charge in [-0.2, -0.15) is 17.0 Å². The van der Waals surface area contributed by atoms with E-state index in [9.17, 15) is 13.2 Å². The average Bonchev–Trinajstić information content (AvgIpc) is 2.78. The topological polar surface area (TPSA) is 87.2 Å². The Kier molecular flexibility index (Phi) is 4.21. The van der Waals surface area contributed by atoms with Crippen molar-refractivity contribution in [1.29, 1.82) is 0 Å². The van der Waals surface area contributed by atoms with E-state index in [4.69, 9.17) is 9.84 Å². The van der Waals surface area contributed by atoms with E-state index in [0.29, 0.717) is 39.3 Å². The second-order valence-corrected chi connectivity index (χ2v) is 6.40. The molecule has 0 spiro atoms. The molecule has 1 unspecified atom stereocenters. The standard InChI is InChI=1S/C10H18N2O5S/c13-10(14)8-9-2-1-3-12(9)18(15,16)11-4-6-17-7-5-11/h9H,1-8H2,(H,13,14). The minimum atomic E-state index is -3.53. The highest BCUT2D eigenvalue weighted by Gasteiger charge is 2.39. The van der Waals surface area contributed by atoms with E-state index in [0.717, 1.165) is 6.42 Å². The Bertz CT molecular complexity index is 404. The first-order chi connectivity index (χ1) is 8.51. The van der Waals surface area contributed by atoms with Gasteiger partial charge in [0.15, 0.2) is 0 Å². The molecule has 2 fully saturated rings. The van der Waals surface area contributed by atoms with E-state index >= 15 is 0 Å². The smallest absolute Gasteiger partial charge is 0.304 e.